The second-order valence-corrected chi connectivity index (χ2v) is 5.62. The van der Waals surface area contributed by atoms with Gasteiger partial charge in [-0.25, -0.2) is 0 Å². The normalized spacial score (nSPS) is 20.4. The summed E-state index contributed by atoms with van der Waals surface area (Å²) in [7, 11) is 0. The smallest absolute Gasteiger partial charge is 0.225 e. The van der Waals surface area contributed by atoms with Crippen molar-refractivity contribution in [3.63, 3.8) is 0 Å². The zero-order valence-electron chi connectivity index (χ0n) is 11.4. The highest BCUT2D eigenvalue weighted by Crippen LogP contribution is 2.31. The number of amides is 2. The first kappa shape index (κ1) is 14.3. The molecule has 0 aromatic rings. The Kier molecular flexibility index (Phi) is 5.19. The van der Waals surface area contributed by atoms with E-state index in [0.29, 0.717) is 24.7 Å². The van der Waals surface area contributed by atoms with Crippen LogP contribution in [0.4, 0.5) is 0 Å². The van der Waals surface area contributed by atoms with Gasteiger partial charge in [-0.3, -0.25) is 9.59 Å². The highest BCUT2D eigenvalue weighted by molar-refractivity contribution is 5.81. The molecule has 1 saturated heterocycles. The Labute approximate surface area is 114 Å². The molecule has 1 heterocycles. The summed E-state index contributed by atoms with van der Waals surface area (Å²) in [5.41, 5.74) is 0. The predicted molar refractivity (Wildman–Crippen MR) is 71.4 cm³/mol. The van der Waals surface area contributed by atoms with Crippen LogP contribution in [-0.2, 0) is 9.59 Å². The second-order valence-electron chi connectivity index (χ2n) is 5.62. The summed E-state index contributed by atoms with van der Waals surface area (Å²) in [6.45, 7) is 1.70. The van der Waals surface area contributed by atoms with Crippen LogP contribution in [0.25, 0.3) is 0 Å². The third kappa shape index (κ3) is 4.49. The molecule has 1 aliphatic heterocycles. The maximum atomic E-state index is 11.9. The molecule has 1 saturated carbocycles. The Balaban J connectivity index is 1.62. The van der Waals surface area contributed by atoms with Crippen LogP contribution in [0, 0.1) is 5.92 Å². The number of unbranched alkanes of at least 4 members (excludes halogenated alkanes) is 1. The number of carbonyl (C=O) groups is 2. The number of hydrogen-bond acceptors (Lipinski definition) is 3. The van der Waals surface area contributed by atoms with Crippen LogP contribution in [0.3, 0.4) is 0 Å². The summed E-state index contributed by atoms with van der Waals surface area (Å²) in [5, 5.41) is 11.7. The molecule has 108 valence electrons. The molecule has 0 aromatic carbocycles. The minimum Gasteiger partial charge on any atom is -0.396 e. The number of piperidine rings is 1. The van der Waals surface area contributed by atoms with E-state index in [0.717, 1.165) is 45.2 Å². The highest BCUT2D eigenvalue weighted by Gasteiger charge is 2.34. The molecule has 5 nitrogen and oxygen atoms in total. The van der Waals surface area contributed by atoms with Crippen molar-refractivity contribution in [3.8, 4) is 0 Å². The van der Waals surface area contributed by atoms with E-state index in [4.69, 9.17) is 5.11 Å². The van der Waals surface area contributed by atoms with E-state index < -0.39 is 0 Å². The molecule has 0 unspecified atom stereocenters. The summed E-state index contributed by atoms with van der Waals surface area (Å²) in [4.78, 5) is 25.5. The second kappa shape index (κ2) is 6.89. The number of carbonyl (C=O) groups excluding carboxylic acids is 2. The molecule has 0 bridgehead atoms. The first-order chi connectivity index (χ1) is 9.20. The molecule has 2 aliphatic rings. The number of nitrogens with zero attached hydrogens (tertiary/aromatic N) is 1. The lowest BCUT2D eigenvalue weighted by Crippen LogP contribution is -2.46. The third-order valence-corrected chi connectivity index (χ3v) is 3.91. The maximum absolute atomic E-state index is 11.9. The number of aliphatic hydroxyl groups excluding tert-OH is 1. The number of hydrogen-bond donors (Lipinski definition) is 2. The van der Waals surface area contributed by atoms with Crippen molar-refractivity contribution < 1.29 is 14.7 Å². The van der Waals surface area contributed by atoms with E-state index >= 15 is 0 Å². The van der Waals surface area contributed by atoms with E-state index in [1.54, 1.807) is 0 Å². The van der Waals surface area contributed by atoms with Gasteiger partial charge in [-0.2, -0.15) is 0 Å². The Morgan fingerprint density at radius 3 is 2.37 bits per heavy atom. The monoisotopic (exact) mass is 268 g/mol. The molecule has 5 heteroatoms. The van der Waals surface area contributed by atoms with Crippen molar-refractivity contribution in [2.24, 2.45) is 5.92 Å². The number of likely N-dealkylation sites (tertiary alicyclic amines) is 1. The van der Waals surface area contributed by atoms with Crippen LogP contribution in [0.1, 0.15) is 44.9 Å². The number of nitrogens with one attached hydrogen (secondary N) is 1. The molecular weight excluding hydrogens is 244 g/mol. The first-order valence-electron chi connectivity index (χ1n) is 7.39. The summed E-state index contributed by atoms with van der Waals surface area (Å²) in [6, 6.07) is 0.213. The summed E-state index contributed by atoms with van der Waals surface area (Å²) in [6.07, 6.45) is 5.75. The van der Waals surface area contributed by atoms with Gasteiger partial charge in [0.25, 0.3) is 0 Å². The van der Waals surface area contributed by atoms with Crippen molar-refractivity contribution in [1.82, 2.24) is 10.2 Å². The number of aliphatic hydroxyl groups is 1. The molecule has 0 atom stereocenters. The van der Waals surface area contributed by atoms with E-state index in [-0.39, 0.29) is 18.6 Å². The summed E-state index contributed by atoms with van der Waals surface area (Å²) >= 11 is 0. The maximum Gasteiger partial charge on any atom is 0.225 e. The fourth-order valence-electron chi connectivity index (χ4n) is 2.53. The molecule has 2 N–H and O–H groups in total. The van der Waals surface area contributed by atoms with E-state index in [2.05, 4.69) is 5.32 Å². The van der Waals surface area contributed by atoms with Gasteiger partial charge in [-0.05, 0) is 38.5 Å². The molecule has 0 spiro atoms. The van der Waals surface area contributed by atoms with Gasteiger partial charge in [-0.15, -0.1) is 0 Å². The highest BCUT2D eigenvalue weighted by atomic mass is 16.3. The zero-order valence-corrected chi connectivity index (χ0v) is 11.4. The summed E-state index contributed by atoms with van der Waals surface area (Å²) in [5.74, 6) is 0.678. The van der Waals surface area contributed by atoms with E-state index in [1.807, 2.05) is 4.90 Å². The predicted octanol–water partition coefficient (Wildman–Crippen LogP) is 0.666. The van der Waals surface area contributed by atoms with Crippen LogP contribution in [-0.4, -0.2) is 47.6 Å². The van der Waals surface area contributed by atoms with Crippen LogP contribution < -0.4 is 5.32 Å². The molecule has 0 radical (unpaired) electrons. The van der Waals surface area contributed by atoms with Crippen LogP contribution in [0.15, 0.2) is 0 Å². The van der Waals surface area contributed by atoms with Crippen molar-refractivity contribution in [2.75, 3.05) is 19.7 Å². The van der Waals surface area contributed by atoms with E-state index in [1.165, 1.54) is 0 Å². The van der Waals surface area contributed by atoms with Crippen LogP contribution in [0.2, 0.25) is 0 Å². The lowest BCUT2D eigenvalue weighted by molar-refractivity contribution is -0.133. The standard InChI is InChI=1S/C14H24N2O3/c17-10-2-1-3-13(18)15-12-6-8-16(9-7-12)14(19)11-4-5-11/h11-12,17H,1-10H2,(H,15,18). The van der Waals surface area contributed by atoms with Gasteiger partial charge in [0, 0.05) is 38.1 Å². The SMILES string of the molecule is O=C(CCCCO)NC1CCN(C(=O)C2CC2)CC1. The molecule has 0 aromatic heterocycles. The Morgan fingerprint density at radius 1 is 1.11 bits per heavy atom. The minimum absolute atomic E-state index is 0.0698. The molecule has 1 aliphatic carbocycles. The largest absolute Gasteiger partial charge is 0.396 e. The lowest BCUT2D eigenvalue weighted by atomic mass is 10.0. The first-order valence-corrected chi connectivity index (χ1v) is 7.39. The van der Waals surface area contributed by atoms with Gasteiger partial charge in [0.2, 0.25) is 11.8 Å². The topological polar surface area (TPSA) is 69.6 Å². The van der Waals surface area contributed by atoms with Crippen molar-refractivity contribution in [1.29, 1.82) is 0 Å². The van der Waals surface area contributed by atoms with Gasteiger partial charge in [0.1, 0.15) is 0 Å². The molecule has 2 rings (SSSR count). The summed E-state index contributed by atoms with van der Waals surface area (Å²) < 4.78 is 0. The van der Waals surface area contributed by atoms with Crippen LogP contribution in [0.5, 0.6) is 0 Å². The quantitative estimate of drug-likeness (QED) is 0.696. The van der Waals surface area contributed by atoms with Crippen molar-refractivity contribution in [2.45, 2.75) is 51.0 Å². The fraction of sp³-hybridized carbons (Fsp3) is 0.857. The average Bonchev–Trinajstić information content (AvgIpc) is 3.23. The Bertz CT molecular complexity index is 321. The third-order valence-electron chi connectivity index (χ3n) is 3.91. The van der Waals surface area contributed by atoms with Crippen molar-refractivity contribution >= 4 is 11.8 Å². The van der Waals surface area contributed by atoms with Crippen LogP contribution >= 0.6 is 0 Å². The Morgan fingerprint density at radius 2 is 1.79 bits per heavy atom. The van der Waals surface area contributed by atoms with Gasteiger partial charge in [0.15, 0.2) is 0 Å². The minimum atomic E-state index is 0.0698. The van der Waals surface area contributed by atoms with Gasteiger partial charge >= 0.3 is 0 Å². The fourth-order valence-corrected chi connectivity index (χ4v) is 2.53. The van der Waals surface area contributed by atoms with Crippen molar-refractivity contribution in [3.05, 3.63) is 0 Å². The molecule has 19 heavy (non-hydrogen) atoms. The van der Waals surface area contributed by atoms with Gasteiger partial charge < -0.3 is 15.3 Å². The molecule has 2 amide bonds. The average molecular weight is 268 g/mol. The Hall–Kier alpha value is -1.10. The zero-order chi connectivity index (χ0) is 13.7. The van der Waals surface area contributed by atoms with Gasteiger partial charge in [0.05, 0.1) is 0 Å². The van der Waals surface area contributed by atoms with E-state index in [9.17, 15) is 9.59 Å². The molecular formula is C14H24N2O3. The lowest BCUT2D eigenvalue weighted by Gasteiger charge is -2.32. The molecule has 2 fully saturated rings. The van der Waals surface area contributed by atoms with Gasteiger partial charge in [-0.1, -0.05) is 0 Å². The number of rotatable bonds is 6.